The highest BCUT2D eigenvalue weighted by atomic mass is 16.7. The van der Waals surface area contributed by atoms with Gasteiger partial charge in [0.25, 0.3) is 0 Å². The van der Waals surface area contributed by atoms with E-state index in [1.165, 1.54) is 0 Å². The largest absolute Gasteiger partial charge is 0.458 e. The van der Waals surface area contributed by atoms with E-state index in [2.05, 4.69) is 6.92 Å². The monoisotopic (exact) mass is 666 g/mol. The summed E-state index contributed by atoms with van der Waals surface area (Å²) >= 11 is 0. The number of aliphatic hydroxyl groups excluding tert-OH is 4. The third-order valence-electron chi connectivity index (χ3n) is 13.6. The van der Waals surface area contributed by atoms with Crippen LogP contribution in [-0.4, -0.2) is 123 Å². The van der Waals surface area contributed by atoms with Crippen LogP contribution in [0.2, 0.25) is 0 Å². The Kier molecular flexibility index (Phi) is 8.72. The first-order valence-corrected chi connectivity index (χ1v) is 17.3. The first-order chi connectivity index (χ1) is 22.2. The van der Waals surface area contributed by atoms with Crippen LogP contribution in [0.3, 0.4) is 0 Å². The molecular formula is C34H50O13. The van der Waals surface area contributed by atoms with E-state index in [-0.39, 0.29) is 49.8 Å². The van der Waals surface area contributed by atoms with E-state index in [0.717, 1.165) is 18.3 Å². The summed E-state index contributed by atoms with van der Waals surface area (Å²) in [4.78, 5) is 25.0. The number of fused-ring (bicyclic) bond motifs is 5. The molecule has 7 rings (SSSR count). The van der Waals surface area contributed by atoms with Crippen LogP contribution in [0.1, 0.15) is 78.1 Å². The molecule has 0 aromatic rings. The molecule has 3 heterocycles. The molecule has 0 radical (unpaired) electrons. The van der Waals surface area contributed by atoms with Gasteiger partial charge in [-0.25, -0.2) is 4.79 Å². The van der Waals surface area contributed by atoms with Gasteiger partial charge >= 0.3 is 5.97 Å². The Morgan fingerprint density at radius 2 is 1.70 bits per heavy atom. The van der Waals surface area contributed by atoms with Crippen molar-refractivity contribution < 1.29 is 63.9 Å². The zero-order valence-electron chi connectivity index (χ0n) is 27.1. The molecule has 47 heavy (non-hydrogen) atoms. The highest BCUT2D eigenvalue weighted by molar-refractivity contribution is 5.85. The molecule has 4 saturated carbocycles. The third-order valence-corrected chi connectivity index (χ3v) is 13.6. The van der Waals surface area contributed by atoms with Gasteiger partial charge in [-0.3, -0.25) is 0 Å². The van der Waals surface area contributed by atoms with Crippen molar-refractivity contribution in [2.24, 2.45) is 28.6 Å². The summed E-state index contributed by atoms with van der Waals surface area (Å²) in [5.41, 5.74) is -2.86. The zero-order chi connectivity index (χ0) is 33.5. The Labute approximate surface area is 274 Å². The number of aliphatic hydroxyl groups is 6. The van der Waals surface area contributed by atoms with Crippen LogP contribution < -0.4 is 0 Å². The van der Waals surface area contributed by atoms with Crippen LogP contribution in [0, 0.1) is 28.6 Å². The fourth-order valence-electron chi connectivity index (χ4n) is 11.0. The van der Waals surface area contributed by atoms with Crippen molar-refractivity contribution >= 4 is 12.3 Å². The van der Waals surface area contributed by atoms with Gasteiger partial charge in [-0.1, -0.05) is 6.92 Å². The van der Waals surface area contributed by atoms with Crippen molar-refractivity contribution in [2.45, 2.75) is 145 Å². The summed E-state index contributed by atoms with van der Waals surface area (Å²) in [5, 5.41) is 65.7. The molecule has 0 aromatic heterocycles. The molecule has 0 unspecified atom stereocenters. The Bertz CT molecular complexity index is 1250. The number of carbonyl (C=O) groups is 2. The summed E-state index contributed by atoms with van der Waals surface area (Å²) < 4.78 is 28.7. The average molecular weight is 667 g/mol. The van der Waals surface area contributed by atoms with Gasteiger partial charge in [-0.15, -0.1) is 0 Å². The van der Waals surface area contributed by atoms with Crippen LogP contribution in [0.15, 0.2) is 11.6 Å². The van der Waals surface area contributed by atoms with Gasteiger partial charge in [0.05, 0.1) is 41.5 Å². The molecule has 0 aromatic carbocycles. The van der Waals surface area contributed by atoms with Gasteiger partial charge in [0.15, 0.2) is 12.6 Å². The third kappa shape index (κ3) is 5.18. The molecule has 6 fully saturated rings. The molecule has 2 saturated heterocycles. The van der Waals surface area contributed by atoms with Gasteiger partial charge in [0.2, 0.25) is 0 Å². The van der Waals surface area contributed by atoms with Crippen molar-refractivity contribution in [3.8, 4) is 0 Å². The SMILES string of the molecule is C[C@@H]1O[C@@H](O[C@@H]2CC[C@]3(C=O)[C@@H]4CC[C@]5(C)[C@H](C6=CC(=O)OC6)CC[C@]5(O)[C@@H]4CC[C@]3(O)C2)C[C@H](O)[C@H]1O[C@@H]1OC[C@@H](O)[C@H](O)[C@@H]1O. The number of cyclic esters (lactones) is 1. The highest BCUT2D eigenvalue weighted by Crippen LogP contribution is 2.70. The highest BCUT2D eigenvalue weighted by Gasteiger charge is 2.71. The van der Waals surface area contributed by atoms with Crippen molar-refractivity contribution in [1.82, 2.24) is 0 Å². The Balaban J connectivity index is 1.01. The molecule has 264 valence electrons. The van der Waals surface area contributed by atoms with Crippen LogP contribution in [0.25, 0.3) is 0 Å². The number of hydrogen-bond acceptors (Lipinski definition) is 13. The molecule has 0 amide bonds. The molecule has 3 aliphatic heterocycles. The molecule has 13 nitrogen and oxygen atoms in total. The van der Waals surface area contributed by atoms with E-state index < -0.39 is 77.3 Å². The Morgan fingerprint density at radius 1 is 0.936 bits per heavy atom. The lowest BCUT2D eigenvalue weighted by molar-refractivity contribution is -0.331. The molecule has 4 aliphatic carbocycles. The first kappa shape index (κ1) is 34.0. The lowest BCUT2D eigenvalue weighted by atomic mass is 9.41. The van der Waals surface area contributed by atoms with Crippen molar-refractivity contribution in [1.29, 1.82) is 0 Å². The quantitative estimate of drug-likeness (QED) is 0.128. The number of esters is 1. The standard InChI is InChI=1S/C34H50O13/c1-17-29(47-30-28(40)27(39)24(37)15-44-30)23(36)12-26(45-17)46-19-3-8-32(16-35)21-4-7-31(2)20(18-11-25(38)43-14-18)6-10-34(31,42)22(21)5-9-33(32,41)13-19/h11,16-17,19-24,26-30,36-37,39-42H,3-10,12-15H2,1-2H3/t17-,19+,20-,21+,22+,23-,24+,26-,27-,28-,29-,30-,31+,32-,33-,34-/m0/s1. The summed E-state index contributed by atoms with van der Waals surface area (Å²) in [7, 11) is 0. The van der Waals surface area contributed by atoms with Crippen molar-refractivity contribution in [3.63, 3.8) is 0 Å². The van der Waals surface area contributed by atoms with E-state index in [1.807, 2.05) is 0 Å². The molecule has 16 atom stereocenters. The Hall–Kier alpha value is -1.52. The summed E-state index contributed by atoms with van der Waals surface area (Å²) in [6.45, 7) is 3.86. The van der Waals surface area contributed by atoms with E-state index in [0.29, 0.717) is 44.9 Å². The minimum Gasteiger partial charge on any atom is -0.458 e. The van der Waals surface area contributed by atoms with Gasteiger partial charge in [0.1, 0.15) is 37.3 Å². The second-order valence-corrected chi connectivity index (χ2v) is 15.7. The maximum Gasteiger partial charge on any atom is 0.331 e. The number of ether oxygens (including phenoxy) is 5. The van der Waals surface area contributed by atoms with Gasteiger partial charge < -0.3 is 59.1 Å². The average Bonchev–Trinajstić information content (AvgIpc) is 3.57. The first-order valence-electron chi connectivity index (χ1n) is 17.3. The second-order valence-electron chi connectivity index (χ2n) is 15.7. The molecule has 0 bridgehead atoms. The Morgan fingerprint density at radius 3 is 2.40 bits per heavy atom. The normalized spacial score (nSPS) is 54.6. The van der Waals surface area contributed by atoms with Crippen molar-refractivity contribution in [3.05, 3.63) is 11.6 Å². The van der Waals surface area contributed by atoms with E-state index in [4.69, 9.17) is 23.7 Å². The van der Waals surface area contributed by atoms with E-state index in [1.54, 1.807) is 13.0 Å². The summed E-state index contributed by atoms with van der Waals surface area (Å²) in [6.07, 6.45) is -1.89. The van der Waals surface area contributed by atoms with E-state index in [9.17, 15) is 40.2 Å². The van der Waals surface area contributed by atoms with Crippen LogP contribution >= 0.6 is 0 Å². The van der Waals surface area contributed by atoms with Crippen LogP contribution in [0.5, 0.6) is 0 Å². The predicted molar refractivity (Wildman–Crippen MR) is 160 cm³/mol. The topological polar surface area (TPSA) is 202 Å². The summed E-state index contributed by atoms with van der Waals surface area (Å²) in [5.74, 6) is -0.635. The lowest BCUT2D eigenvalue weighted by Gasteiger charge is -2.65. The number of aldehydes is 1. The number of carbonyl (C=O) groups excluding carboxylic acids is 2. The second kappa shape index (κ2) is 12.1. The fraction of sp³-hybridized carbons (Fsp3) is 0.882. The zero-order valence-corrected chi connectivity index (χ0v) is 27.1. The molecule has 7 aliphatic rings. The minimum atomic E-state index is -1.50. The maximum absolute atomic E-state index is 13.1. The lowest BCUT2D eigenvalue weighted by Crippen LogP contribution is -2.69. The van der Waals surface area contributed by atoms with Crippen LogP contribution in [0.4, 0.5) is 0 Å². The van der Waals surface area contributed by atoms with Gasteiger partial charge in [-0.2, -0.15) is 0 Å². The maximum atomic E-state index is 13.1. The van der Waals surface area contributed by atoms with Gasteiger partial charge in [0, 0.05) is 24.3 Å². The summed E-state index contributed by atoms with van der Waals surface area (Å²) in [6, 6.07) is 0. The number of hydrogen-bond donors (Lipinski definition) is 6. The molecular weight excluding hydrogens is 616 g/mol. The smallest absolute Gasteiger partial charge is 0.331 e. The minimum absolute atomic E-state index is 0.0370. The van der Waals surface area contributed by atoms with Crippen molar-refractivity contribution in [2.75, 3.05) is 13.2 Å². The van der Waals surface area contributed by atoms with Crippen LogP contribution in [-0.2, 0) is 33.3 Å². The van der Waals surface area contributed by atoms with Gasteiger partial charge in [-0.05, 0) is 81.6 Å². The number of rotatable bonds is 6. The molecule has 0 spiro atoms. The fourth-order valence-corrected chi connectivity index (χ4v) is 11.0. The molecule has 6 N–H and O–H groups in total. The van der Waals surface area contributed by atoms with E-state index >= 15 is 0 Å². The predicted octanol–water partition coefficient (Wildman–Crippen LogP) is 0.243. The molecule has 13 heteroatoms.